The second kappa shape index (κ2) is 11.7. The van der Waals surface area contributed by atoms with Crippen LogP contribution in [0, 0.1) is 11.8 Å². The summed E-state index contributed by atoms with van der Waals surface area (Å²) in [6.45, 7) is 3.75. The van der Waals surface area contributed by atoms with Gasteiger partial charge < -0.3 is 19.6 Å². The largest absolute Gasteiger partial charge is 0.487 e. The molecule has 1 aliphatic heterocycles. The summed E-state index contributed by atoms with van der Waals surface area (Å²) in [6, 6.07) is 11.5. The first-order valence-corrected chi connectivity index (χ1v) is 14.9. The third-order valence-corrected chi connectivity index (χ3v) is 9.84. The Morgan fingerprint density at radius 3 is 2.28 bits per heavy atom. The van der Waals surface area contributed by atoms with Crippen LogP contribution in [0.2, 0.25) is 0 Å². The molecule has 212 valence electrons. The summed E-state index contributed by atoms with van der Waals surface area (Å²) < 4.78 is 35.3. The highest BCUT2D eigenvalue weighted by atomic mass is 32.2. The van der Waals surface area contributed by atoms with Gasteiger partial charge in [0.15, 0.2) is 0 Å². The van der Waals surface area contributed by atoms with Gasteiger partial charge in [-0.25, -0.2) is 8.42 Å². The Balaban J connectivity index is 1.72. The van der Waals surface area contributed by atoms with Crippen LogP contribution in [0.3, 0.4) is 0 Å². The molecule has 0 bridgehead atoms. The van der Waals surface area contributed by atoms with Crippen LogP contribution in [0.15, 0.2) is 47.4 Å². The SMILES string of the molecule is C[C@@H]1CN([C@H](C)CO)S(=O)(=O)c2ccc(-c3ccc(C(=O)N(C)C)cc3)cc2O[C@@H]1CN(C)C(=O)C1CCC1. The molecule has 0 aromatic heterocycles. The maximum atomic E-state index is 13.8. The van der Waals surface area contributed by atoms with E-state index in [-0.39, 0.29) is 47.4 Å². The molecule has 9 nitrogen and oxygen atoms in total. The molecule has 0 unspecified atom stereocenters. The Hall–Kier alpha value is -2.95. The van der Waals surface area contributed by atoms with Gasteiger partial charge in [-0.15, -0.1) is 0 Å². The molecule has 1 saturated carbocycles. The molecule has 3 atom stereocenters. The maximum absolute atomic E-state index is 13.8. The van der Waals surface area contributed by atoms with Gasteiger partial charge in [0, 0.05) is 51.1 Å². The Morgan fingerprint density at radius 1 is 1.08 bits per heavy atom. The number of hydrogen-bond donors (Lipinski definition) is 1. The Morgan fingerprint density at radius 2 is 1.72 bits per heavy atom. The van der Waals surface area contributed by atoms with Gasteiger partial charge in [-0.1, -0.05) is 31.5 Å². The maximum Gasteiger partial charge on any atom is 0.253 e. The number of likely N-dealkylation sites (N-methyl/N-ethyl adjacent to an activating group) is 1. The lowest BCUT2D eigenvalue weighted by atomic mass is 9.84. The molecule has 4 rings (SSSR count). The van der Waals surface area contributed by atoms with Gasteiger partial charge in [0.25, 0.3) is 5.91 Å². The Labute approximate surface area is 231 Å². The summed E-state index contributed by atoms with van der Waals surface area (Å²) in [6.07, 6.45) is 2.40. The number of nitrogens with zero attached hydrogens (tertiary/aromatic N) is 3. The molecule has 0 saturated heterocycles. The second-order valence-corrected chi connectivity index (χ2v) is 12.9. The predicted molar refractivity (Wildman–Crippen MR) is 149 cm³/mol. The first-order valence-electron chi connectivity index (χ1n) is 13.4. The number of aliphatic hydroxyl groups is 1. The molecule has 10 heteroatoms. The number of rotatable bonds is 7. The minimum absolute atomic E-state index is 0.0239. The smallest absolute Gasteiger partial charge is 0.253 e. The number of aliphatic hydroxyl groups excluding tert-OH is 1. The fraction of sp³-hybridized carbons (Fsp3) is 0.517. The number of sulfonamides is 1. The van der Waals surface area contributed by atoms with Crippen molar-refractivity contribution in [3.8, 4) is 16.9 Å². The van der Waals surface area contributed by atoms with Gasteiger partial charge in [0.05, 0.1) is 13.2 Å². The third-order valence-electron chi connectivity index (χ3n) is 7.82. The second-order valence-electron chi connectivity index (χ2n) is 11.0. The standard InChI is InChI=1S/C29H39N3O6S/c1-19-16-32(20(2)18-33)39(36,37)27-14-13-24(21-9-11-23(12-10-21)28(34)30(3)4)15-25(27)38-26(19)17-31(5)29(35)22-7-6-8-22/h9-15,19-20,22,26,33H,6-8,16-18H2,1-5H3/t19-,20-,26-/m1/s1. The van der Waals surface area contributed by atoms with Crippen molar-refractivity contribution >= 4 is 21.8 Å². The number of carbonyl (C=O) groups is 2. The topological polar surface area (TPSA) is 107 Å². The van der Waals surface area contributed by atoms with E-state index in [1.54, 1.807) is 57.2 Å². The zero-order valence-electron chi connectivity index (χ0n) is 23.3. The Kier molecular flexibility index (Phi) is 8.68. The van der Waals surface area contributed by atoms with E-state index in [2.05, 4.69) is 0 Å². The molecule has 1 N–H and O–H groups in total. The molecule has 1 heterocycles. The molecular formula is C29H39N3O6S. The van der Waals surface area contributed by atoms with Crippen LogP contribution in [0.1, 0.15) is 43.5 Å². The predicted octanol–water partition coefficient (Wildman–Crippen LogP) is 3.08. The number of carbonyl (C=O) groups excluding carboxylic acids is 2. The molecule has 0 radical (unpaired) electrons. The van der Waals surface area contributed by atoms with Crippen LogP contribution >= 0.6 is 0 Å². The minimum Gasteiger partial charge on any atom is -0.487 e. The van der Waals surface area contributed by atoms with Gasteiger partial charge in [-0.05, 0) is 55.2 Å². The highest BCUT2D eigenvalue weighted by molar-refractivity contribution is 7.89. The minimum atomic E-state index is -3.97. The fourth-order valence-corrected chi connectivity index (χ4v) is 6.84. The van der Waals surface area contributed by atoms with E-state index < -0.39 is 22.2 Å². The highest BCUT2D eigenvalue weighted by Crippen LogP contribution is 2.37. The van der Waals surface area contributed by atoms with E-state index >= 15 is 0 Å². The lowest BCUT2D eigenvalue weighted by Crippen LogP contribution is -2.50. The molecule has 2 aromatic rings. The van der Waals surface area contributed by atoms with E-state index in [1.807, 2.05) is 19.1 Å². The van der Waals surface area contributed by atoms with E-state index in [9.17, 15) is 23.1 Å². The molecule has 2 amide bonds. The van der Waals surface area contributed by atoms with E-state index in [0.717, 1.165) is 30.4 Å². The summed E-state index contributed by atoms with van der Waals surface area (Å²) in [5.74, 6) is -0.0136. The first kappa shape index (κ1) is 29.0. The number of ether oxygens (including phenoxy) is 1. The van der Waals surface area contributed by atoms with E-state index in [0.29, 0.717) is 12.1 Å². The van der Waals surface area contributed by atoms with Gasteiger partial charge >= 0.3 is 0 Å². The summed E-state index contributed by atoms with van der Waals surface area (Å²) >= 11 is 0. The van der Waals surface area contributed by atoms with Crippen LogP contribution in [-0.4, -0.2) is 92.4 Å². The van der Waals surface area contributed by atoms with Crippen molar-refractivity contribution in [1.29, 1.82) is 0 Å². The third kappa shape index (κ3) is 5.97. The summed E-state index contributed by atoms with van der Waals surface area (Å²) in [5.41, 5.74) is 2.09. The van der Waals surface area contributed by atoms with Crippen LogP contribution in [-0.2, 0) is 14.8 Å². The lowest BCUT2D eigenvalue weighted by molar-refractivity contribution is -0.138. The van der Waals surface area contributed by atoms with Gasteiger partial charge in [-0.2, -0.15) is 4.31 Å². The summed E-state index contributed by atoms with van der Waals surface area (Å²) in [5, 5.41) is 9.87. The van der Waals surface area contributed by atoms with Crippen molar-refractivity contribution in [2.45, 2.75) is 50.2 Å². The van der Waals surface area contributed by atoms with Gasteiger partial charge in [0.2, 0.25) is 15.9 Å². The number of benzene rings is 2. The van der Waals surface area contributed by atoms with Crippen molar-refractivity contribution in [2.75, 3.05) is 40.8 Å². The molecule has 1 aliphatic carbocycles. The molecule has 2 aromatic carbocycles. The summed E-state index contributed by atoms with van der Waals surface area (Å²) in [4.78, 5) is 28.4. The average molecular weight is 558 g/mol. The van der Waals surface area contributed by atoms with Gasteiger partial charge in [-0.3, -0.25) is 9.59 Å². The van der Waals surface area contributed by atoms with Crippen LogP contribution in [0.5, 0.6) is 5.75 Å². The van der Waals surface area contributed by atoms with Crippen LogP contribution in [0.25, 0.3) is 11.1 Å². The van der Waals surface area contributed by atoms with E-state index in [1.165, 1.54) is 15.3 Å². The zero-order chi connectivity index (χ0) is 28.5. The van der Waals surface area contributed by atoms with Crippen molar-refractivity contribution < 1.29 is 27.9 Å². The average Bonchev–Trinajstić information content (AvgIpc) is 2.88. The summed E-state index contributed by atoms with van der Waals surface area (Å²) in [7, 11) is 1.19. The number of hydrogen-bond acceptors (Lipinski definition) is 6. The fourth-order valence-electron chi connectivity index (χ4n) is 5.01. The van der Waals surface area contributed by atoms with Crippen LogP contribution in [0.4, 0.5) is 0 Å². The number of amides is 2. The molecule has 2 aliphatic rings. The Bertz CT molecular complexity index is 1310. The molecular weight excluding hydrogens is 518 g/mol. The van der Waals surface area contributed by atoms with Gasteiger partial charge in [0.1, 0.15) is 16.7 Å². The lowest BCUT2D eigenvalue weighted by Gasteiger charge is -2.38. The van der Waals surface area contributed by atoms with Crippen LogP contribution < -0.4 is 4.74 Å². The molecule has 39 heavy (non-hydrogen) atoms. The molecule has 0 spiro atoms. The van der Waals surface area contributed by atoms with Crippen molar-refractivity contribution in [1.82, 2.24) is 14.1 Å². The normalized spacial score (nSPS) is 21.9. The zero-order valence-corrected chi connectivity index (χ0v) is 24.1. The molecule has 1 fully saturated rings. The number of fused-ring (bicyclic) bond motifs is 1. The van der Waals surface area contributed by atoms with Crippen molar-refractivity contribution in [2.24, 2.45) is 11.8 Å². The monoisotopic (exact) mass is 557 g/mol. The van der Waals surface area contributed by atoms with Crippen molar-refractivity contribution in [3.63, 3.8) is 0 Å². The quantitative estimate of drug-likeness (QED) is 0.561. The van der Waals surface area contributed by atoms with E-state index in [4.69, 9.17) is 4.74 Å². The highest BCUT2D eigenvalue weighted by Gasteiger charge is 2.39. The van der Waals surface area contributed by atoms with Crippen molar-refractivity contribution in [3.05, 3.63) is 48.0 Å². The first-order chi connectivity index (χ1) is 18.4.